The molecule has 1 aliphatic rings. The van der Waals surface area contributed by atoms with Crippen LogP contribution in [0.3, 0.4) is 0 Å². The van der Waals surface area contributed by atoms with Crippen molar-refractivity contribution in [2.75, 3.05) is 11.9 Å². The molecule has 0 saturated carbocycles. The molecular weight excluding hydrogens is 347 g/mol. The molecule has 0 unspecified atom stereocenters. The number of rotatable bonds is 5. The molecule has 0 saturated heterocycles. The summed E-state index contributed by atoms with van der Waals surface area (Å²) in [6.07, 6.45) is -4.04. The van der Waals surface area contributed by atoms with Crippen LogP contribution in [-0.4, -0.2) is 23.2 Å². The van der Waals surface area contributed by atoms with E-state index in [0.717, 1.165) is 17.2 Å². The highest BCUT2D eigenvalue weighted by molar-refractivity contribution is 5.85. The summed E-state index contributed by atoms with van der Waals surface area (Å²) in [6.45, 7) is 1.66. The SMILES string of the molecule is CCOc1cc(NC2(C(=O)O)Cc3ccccc3C2)ccc1C(F)(F)F. The minimum atomic E-state index is -4.54. The first-order chi connectivity index (χ1) is 12.2. The lowest BCUT2D eigenvalue weighted by Crippen LogP contribution is -2.47. The number of anilines is 1. The van der Waals surface area contributed by atoms with E-state index in [1.165, 1.54) is 12.1 Å². The maximum absolute atomic E-state index is 13.1. The second kappa shape index (κ2) is 6.55. The Balaban J connectivity index is 1.94. The van der Waals surface area contributed by atoms with E-state index in [2.05, 4.69) is 5.32 Å². The fourth-order valence-corrected chi connectivity index (χ4v) is 3.29. The molecule has 26 heavy (non-hydrogen) atoms. The molecule has 2 aromatic rings. The van der Waals surface area contributed by atoms with Crippen LogP contribution in [0, 0.1) is 0 Å². The highest BCUT2D eigenvalue weighted by Gasteiger charge is 2.44. The molecule has 2 N–H and O–H groups in total. The van der Waals surface area contributed by atoms with Crippen molar-refractivity contribution in [3.05, 3.63) is 59.2 Å². The number of ether oxygens (including phenoxy) is 1. The molecule has 138 valence electrons. The maximum Gasteiger partial charge on any atom is 0.419 e. The zero-order chi connectivity index (χ0) is 18.9. The number of carboxylic acids is 1. The van der Waals surface area contributed by atoms with E-state index in [-0.39, 0.29) is 30.9 Å². The van der Waals surface area contributed by atoms with Crippen molar-refractivity contribution >= 4 is 11.7 Å². The largest absolute Gasteiger partial charge is 0.493 e. The summed E-state index contributed by atoms with van der Waals surface area (Å²) in [7, 11) is 0. The number of halogens is 3. The van der Waals surface area contributed by atoms with Crippen LogP contribution in [-0.2, 0) is 23.8 Å². The Bertz CT molecular complexity index is 808. The van der Waals surface area contributed by atoms with Crippen molar-refractivity contribution in [2.24, 2.45) is 0 Å². The fourth-order valence-electron chi connectivity index (χ4n) is 3.29. The van der Waals surface area contributed by atoms with Crippen molar-refractivity contribution in [1.29, 1.82) is 0 Å². The smallest absolute Gasteiger partial charge is 0.419 e. The van der Waals surface area contributed by atoms with E-state index in [0.29, 0.717) is 0 Å². The van der Waals surface area contributed by atoms with Crippen molar-refractivity contribution < 1.29 is 27.8 Å². The lowest BCUT2D eigenvalue weighted by Gasteiger charge is -2.27. The van der Waals surface area contributed by atoms with E-state index in [9.17, 15) is 23.1 Å². The predicted molar refractivity (Wildman–Crippen MR) is 90.5 cm³/mol. The van der Waals surface area contributed by atoms with Gasteiger partial charge in [0.25, 0.3) is 0 Å². The van der Waals surface area contributed by atoms with Gasteiger partial charge in [-0.05, 0) is 30.2 Å². The predicted octanol–water partition coefficient (Wildman–Crippen LogP) is 4.14. The number of hydrogen-bond donors (Lipinski definition) is 2. The van der Waals surface area contributed by atoms with Crippen molar-refractivity contribution in [3.63, 3.8) is 0 Å². The molecule has 0 aliphatic heterocycles. The Kier molecular flexibility index (Phi) is 4.56. The van der Waals surface area contributed by atoms with E-state index < -0.39 is 23.2 Å². The van der Waals surface area contributed by atoms with Gasteiger partial charge < -0.3 is 15.2 Å². The topological polar surface area (TPSA) is 58.6 Å². The van der Waals surface area contributed by atoms with Gasteiger partial charge in [0.15, 0.2) is 0 Å². The third-order valence-corrected chi connectivity index (χ3v) is 4.48. The molecule has 0 spiro atoms. The summed E-state index contributed by atoms with van der Waals surface area (Å²) in [5.41, 5.74) is -0.0771. The summed E-state index contributed by atoms with van der Waals surface area (Å²) >= 11 is 0. The minimum Gasteiger partial charge on any atom is -0.493 e. The first-order valence-electron chi connectivity index (χ1n) is 8.17. The number of alkyl halides is 3. The molecule has 0 atom stereocenters. The van der Waals surface area contributed by atoms with Gasteiger partial charge in [-0.1, -0.05) is 24.3 Å². The van der Waals surface area contributed by atoms with E-state index in [4.69, 9.17) is 4.74 Å². The lowest BCUT2D eigenvalue weighted by molar-refractivity contribution is -0.142. The van der Waals surface area contributed by atoms with E-state index in [1.807, 2.05) is 24.3 Å². The Morgan fingerprint density at radius 1 is 1.19 bits per heavy atom. The number of fused-ring (bicyclic) bond motifs is 1. The average molecular weight is 365 g/mol. The van der Waals surface area contributed by atoms with Crippen LogP contribution in [0.2, 0.25) is 0 Å². The van der Waals surface area contributed by atoms with Crippen LogP contribution >= 0.6 is 0 Å². The van der Waals surface area contributed by atoms with Gasteiger partial charge in [0.1, 0.15) is 11.3 Å². The van der Waals surface area contributed by atoms with E-state index >= 15 is 0 Å². The summed E-state index contributed by atoms with van der Waals surface area (Å²) < 4.78 is 44.4. The monoisotopic (exact) mass is 365 g/mol. The number of nitrogens with one attached hydrogen (secondary N) is 1. The minimum absolute atomic E-state index is 0.0715. The number of benzene rings is 2. The maximum atomic E-state index is 13.1. The molecule has 0 bridgehead atoms. The zero-order valence-electron chi connectivity index (χ0n) is 14.1. The van der Waals surface area contributed by atoms with Gasteiger partial charge in [0.05, 0.1) is 12.2 Å². The molecular formula is C19H18F3NO3. The van der Waals surface area contributed by atoms with Gasteiger partial charge in [0, 0.05) is 24.6 Å². The highest BCUT2D eigenvalue weighted by Crippen LogP contribution is 2.39. The summed E-state index contributed by atoms with van der Waals surface area (Å²) in [4.78, 5) is 12.0. The molecule has 0 fully saturated rings. The molecule has 1 aliphatic carbocycles. The van der Waals surface area contributed by atoms with Crippen LogP contribution in [0.5, 0.6) is 5.75 Å². The zero-order valence-corrected chi connectivity index (χ0v) is 14.1. The van der Waals surface area contributed by atoms with Crippen LogP contribution < -0.4 is 10.1 Å². The Hall–Kier alpha value is -2.70. The molecule has 7 heteroatoms. The molecule has 4 nitrogen and oxygen atoms in total. The number of carboxylic acid groups (broad SMARTS) is 1. The van der Waals surface area contributed by atoms with Crippen LogP contribution in [0.25, 0.3) is 0 Å². The molecule has 2 aromatic carbocycles. The van der Waals surface area contributed by atoms with Crippen LogP contribution in [0.1, 0.15) is 23.6 Å². The third kappa shape index (κ3) is 3.34. The number of hydrogen-bond acceptors (Lipinski definition) is 3. The fraction of sp³-hybridized carbons (Fsp3) is 0.316. The van der Waals surface area contributed by atoms with Gasteiger partial charge in [-0.25, -0.2) is 4.79 Å². The van der Waals surface area contributed by atoms with Crippen molar-refractivity contribution in [1.82, 2.24) is 0 Å². The Morgan fingerprint density at radius 3 is 2.31 bits per heavy atom. The van der Waals surface area contributed by atoms with Gasteiger partial charge in [-0.3, -0.25) is 0 Å². The van der Waals surface area contributed by atoms with Crippen LogP contribution in [0.15, 0.2) is 42.5 Å². The average Bonchev–Trinajstić information content (AvgIpc) is 2.93. The normalized spacial score (nSPS) is 15.4. The molecule has 0 heterocycles. The molecule has 0 radical (unpaired) electrons. The van der Waals surface area contributed by atoms with Gasteiger partial charge in [-0.15, -0.1) is 0 Å². The Labute approximate surface area is 148 Å². The molecule has 0 amide bonds. The summed E-state index contributed by atoms with van der Waals surface area (Å²) in [5.74, 6) is -1.37. The van der Waals surface area contributed by atoms with Gasteiger partial charge in [0.2, 0.25) is 0 Å². The Morgan fingerprint density at radius 2 is 1.81 bits per heavy atom. The van der Waals surface area contributed by atoms with Gasteiger partial charge >= 0.3 is 12.1 Å². The molecule has 3 rings (SSSR count). The lowest BCUT2D eigenvalue weighted by atomic mass is 9.95. The summed E-state index contributed by atoms with van der Waals surface area (Å²) in [5, 5.41) is 12.7. The quantitative estimate of drug-likeness (QED) is 0.836. The summed E-state index contributed by atoms with van der Waals surface area (Å²) in [6, 6.07) is 10.7. The van der Waals surface area contributed by atoms with E-state index in [1.54, 1.807) is 6.92 Å². The van der Waals surface area contributed by atoms with Crippen molar-refractivity contribution in [3.8, 4) is 5.75 Å². The molecule has 0 aromatic heterocycles. The van der Waals surface area contributed by atoms with Gasteiger partial charge in [-0.2, -0.15) is 13.2 Å². The standard InChI is InChI=1S/C19H18F3NO3/c1-2-26-16-9-14(7-8-15(16)19(20,21)22)23-18(17(24)25)10-12-5-3-4-6-13(12)11-18/h3-9,23H,2,10-11H2,1H3,(H,24,25). The second-order valence-electron chi connectivity index (χ2n) is 6.28. The van der Waals surface area contributed by atoms with Crippen molar-refractivity contribution in [2.45, 2.75) is 31.5 Å². The first kappa shape index (κ1) is 18.1. The van der Waals surface area contributed by atoms with Crippen LogP contribution in [0.4, 0.5) is 18.9 Å². The first-order valence-corrected chi connectivity index (χ1v) is 8.17. The third-order valence-electron chi connectivity index (χ3n) is 4.48. The second-order valence-corrected chi connectivity index (χ2v) is 6.28. The highest BCUT2D eigenvalue weighted by atomic mass is 19.4. The number of aliphatic carboxylic acids is 1. The number of carbonyl (C=O) groups is 1.